The maximum atomic E-state index is 10.9. The van der Waals surface area contributed by atoms with Gasteiger partial charge in [-0.25, -0.2) is 0 Å². The molecule has 1 amide bonds. The normalized spacial score (nSPS) is 12.1. The Morgan fingerprint density at radius 3 is 2.29 bits per heavy atom. The molecule has 0 aromatic rings. The predicted molar refractivity (Wildman–Crippen MR) is 51.6 cm³/mol. The minimum atomic E-state index is -0.908. The van der Waals surface area contributed by atoms with E-state index in [9.17, 15) is 14.4 Å². The molecule has 0 aliphatic heterocycles. The van der Waals surface area contributed by atoms with E-state index in [-0.39, 0.29) is 18.2 Å². The van der Waals surface area contributed by atoms with E-state index in [1.807, 2.05) is 0 Å². The molecule has 0 aromatic carbocycles. The fourth-order valence-corrected chi connectivity index (χ4v) is 1.14. The van der Waals surface area contributed by atoms with Crippen molar-refractivity contribution < 1.29 is 14.4 Å². The van der Waals surface area contributed by atoms with Gasteiger partial charge in [-0.1, -0.05) is 0 Å². The van der Waals surface area contributed by atoms with E-state index in [1.54, 1.807) is 7.05 Å². The highest BCUT2D eigenvalue weighted by molar-refractivity contribution is 6.35. The van der Waals surface area contributed by atoms with Crippen LogP contribution >= 0.6 is 0 Å². The van der Waals surface area contributed by atoms with E-state index in [0.29, 0.717) is 12.8 Å². The van der Waals surface area contributed by atoms with Crippen molar-refractivity contribution in [2.75, 3.05) is 7.05 Å². The van der Waals surface area contributed by atoms with E-state index >= 15 is 0 Å². The summed E-state index contributed by atoms with van der Waals surface area (Å²) < 4.78 is 0. The largest absolute Gasteiger partial charge is 0.363 e. The zero-order chi connectivity index (χ0) is 11.1. The number of ketones is 2. The lowest BCUT2D eigenvalue weighted by molar-refractivity contribution is -0.136. The van der Waals surface area contributed by atoms with E-state index in [2.05, 4.69) is 5.32 Å². The molecule has 0 bridgehead atoms. The lowest BCUT2D eigenvalue weighted by Gasteiger charge is -2.11. The molecular weight excluding hydrogens is 184 g/mol. The molecule has 0 aliphatic rings. The van der Waals surface area contributed by atoms with Crippen LogP contribution in [0.25, 0.3) is 0 Å². The molecule has 0 spiro atoms. The number of carbonyl (C=O) groups excluding carboxylic acids is 3. The summed E-state index contributed by atoms with van der Waals surface area (Å²) in [6.07, 6.45) is 1.15. The Balaban J connectivity index is 3.77. The first-order valence-corrected chi connectivity index (χ1v) is 4.49. The Labute approximate surface area is 83.0 Å². The van der Waals surface area contributed by atoms with E-state index in [1.165, 1.54) is 6.92 Å². The van der Waals surface area contributed by atoms with Gasteiger partial charge in [-0.05, 0) is 26.8 Å². The highest BCUT2D eigenvalue weighted by Gasteiger charge is 2.13. The summed E-state index contributed by atoms with van der Waals surface area (Å²) in [5.74, 6) is -1.46. The summed E-state index contributed by atoms with van der Waals surface area (Å²) in [6, 6.07) is -0.240. The van der Waals surface area contributed by atoms with Crippen LogP contribution in [0.3, 0.4) is 0 Å². The number of nitrogens with one attached hydrogen (secondary N) is 1. The topological polar surface area (TPSA) is 89.3 Å². The minimum Gasteiger partial charge on any atom is -0.363 e. The zero-order valence-corrected chi connectivity index (χ0v) is 8.50. The summed E-state index contributed by atoms with van der Waals surface area (Å²) >= 11 is 0. The maximum Gasteiger partial charge on any atom is 0.284 e. The number of nitrogens with two attached hydrogens (primary N) is 1. The number of likely N-dealkylation sites (N-methyl/N-ethyl adjacent to an activating group) is 1. The predicted octanol–water partition coefficient (Wildman–Crippen LogP) is -0.612. The summed E-state index contributed by atoms with van der Waals surface area (Å²) in [7, 11) is 1.68. The van der Waals surface area contributed by atoms with Gasteiger partial charge in [0.25, 0.3) is 5.91 Å². The second kappa shape index (κ2) is 6.26. The molecular formula is C9H16N2O3. The van der Waals surface area contributed by atoms with Gasteiger partial charge in [-0.2, -0.15) is 0 Å². The molecule has 80 valence electrons. The summed E-state index contributed by atoms with van der Waals surface area (Å²) in [5, 5.41) is 2.83. The van der Waals surface area contributed by atoms with E-state index in [0.717, 1.165) is 0 Å². The summed E-state index contributed by atoms with van der Waals surface area (Å²) in [5.41, 5.74) is 4.77. The summed E-state index contributed by atoms with van der Waals surface area (Å²) in [4.78, 5) is 32.1. The molecule has 0 aliphatic carbocycles. The van der Waals surface area contributed by atoms with Gasteiger partial charge in [0.1, 0.15) is 5.78 Å². The second-order valence-electron chi connectivity index (χ2n) is 3.13. The van der Waals surface area contributed by atoms with Crippen LogP contribution in [0.15, 0.2) is 0 Å². The van der Waals surface area contributed by atoms with E-state index < -0.39 is 11.7 Å². The molecule has 1 atom stereocenters. The van der Waals surface area contributed by atoms with Crippen molar-refractivity contribution in [2.45, 2.75) is 32.2 Å². The van der Waals surface area contributed by atoms with Crippen molar-refractivity contribution in [1.29, 1.82) is 0 Å². The lowest BCUT2D eigenvalue weighted by atomic mass is 10.0. The van der Waals surface area contributed by atoms with Gasteiger partial charge >= 0.3 is 0 Å². The average molecular weight is 200 g/mol. The van der Waals surface area contributed by atoms with Crippen molar-refractivity contribution in [3.8, 4) is 0 Å². The molecule has 0 unspecified atom stereocenters. The standard InChI is InChI=1S/C9H16N2O3/c1-6(12)7(11-2)4-3-5-8(13)9(10)14/h7,11H,3-5H2,1-2H3,(H2,10,14)/t7-/m0/s1. The molecule has 0 radical (unpaired) electrons. The number of rotatable bonds is 7. The SMILES string of the molecule is CN[C@@H](CCCC(=O)C(N)=O)C(C)=O. The average Bonchev–Trinajstić information content (AvgIpc) is 2.11. The van der Waals surface area contributed by atoms with Crippen LogP contribution in [0.2, 0.25) is 0 Å². The molecule has 0 aromatic heterocycles. The van der Waals surface area contributed by atoms with Crippen molar-refractivity contribution >= 4 is 17.5 Å². The monoisotopic (exact) mass is 200 g/mol. The molecule has 0 saturated heterocycles. The van der Waals surface area contributed by atoms with Crippen molar-refractivity contribution in [2.24, 2.45) is 5.73 Å². The van der Waals surface area contributed by atoms with Gasteiger partial charge in [0.05, 0.1) is 6.04 Å². The van der Waals surface area contributed by atoms with Gasteiger partial charge in [0.15, 0.2) is 0 Å². The van der Waals surface area contributed by atoms with Gasteiger partial charge in [0.2, 0.25) is 5.78 Å². The third kappa shape index (κ3) is 4.71. The number of carbonyl (C=O) groups is 3. The smallest absolute Gasteiger partial charge is 0.284 e. The van der Waals surface area contributed by atoms with Crippen molar-refractivity contribution in [3.05, 3.63) is 0 Å². The molecule has 14 heavy (non-hydrogen) atoms. The van der Waals surface area contributed by atoms with Gasteiger partial charge < -0.3 is 11.1 Å². The fourth-order valence-electron chi connectivity index (χ4n) is 1.14. The highest BCUT2D eigenvalue weighted by atomic mass is 16.2. The number of Topliss-reactive ketones (excluding diaryl/α,β-unsaturated/α-hetero) is 2. The first-order valence-electron chi connectivity index (χ1n) is 4.49. The van der Waals surface area contributed by atoms with Crippen LogP contribution in [0.1, 0.15) is 26.2 Å². The zero-order valence-electron chi connectivity index (χ0n) is 8.50. The first kappa shape index (κ1) is 12.8. The number of hydrogen-bond acceptors (Lipinski definition) is 4. The Morgan fingerprint density at radius 2 is 1.93 bits per heavy atom. The number of hydrogen-bond donors (Lipinski definition) is 2. The third-order valence-electron chi connectivity index (χ3n) is 2.01. The van der Waals surface area contributed by atoms with E-state index in [4.69, 9.17) is 5.73 Å². The van der Waals surface area contributed by atoms with Crippen LogP contribution in [0.4, 0.5) is 0 Å². The minimum absolute atomic E-state index is 0.0269. The molecule has 0 heterocycles. The first-order chi connectivity index (χ1) is 6.49. The van der Waals surface area contributed by atoms with Gasteiger partial charge in [0, 0.05) is 6.42 Å². The van der Waals surface area contributed by atoms with Crippen LogP contribution in [-0.2, 0) is 14.4 Å². The molecule has 0 saturated carbocycles. The quantitative estimate of drug-likeness (QED) is 0.536. The molecule has 5 nitrogen and oxygen atoms in total. The molecule has 5 heteroatoms. The Bertz CT molecular complexity index is 238. The van der Waals surface area contributed by atoms with Crippen LogP contribution in [0.5, 0.6) is 0 Å². The summed E-state index contributed by atoms with van der Waals surface area (Å²) in [6.45, 7) is 1.48. The van der Waals surface area contributed by atoms with Crippen molar-refractivity contribution in [3.63, 3.8) is 0 Å². The maximum absolute atomic E-state index is 10.9. The molecule has 0 rings (SSSR count). The van der Waals surface area contributed by atoms with Gasteiger partial charge in [-0.15, -0.1) is 0 Å². The highest BCUT2D eigenvalue weighted by Crippen LogP contribution is 2.02. The van der Waals surface area contributed by atoms with Crippen molar-refractivity contribution in [1.82, 2.24) is 5.32 Å². The lowest BCUT2D eigenvalue weighted by Crippen LogP contribution is -2.32. The Kier molecular flexibility index (Phi) is 5.71. The second-order valence-corrected chi connectivity index (χ2v) is 3.13. The van der Waals surface area contributed by atoms with Gasteiger partial charge in [-0.3, -0.25) is 14.4 Å². The third-order valence-corrected chi connectivity index (χ3v) is 2.01. The molecule has 0 fully saturated rings. The van der Waals surface area contributed by atoms with Crippen LogP contribution < -0.4 is 11.1 Å². The molecule has 3 N–H and O–H groups in total. The number of amides is 1. The fraction of sp³-hybridized carbons (Fsp3) is 0.667. The van der Waals surface area contributed by atoms with Crippen LogP contribution in [0, 0.1) is 0 Å². The Hall–Kier alpha value is -1.23. The Morgan fingerprint density at radius 1 is 1.36 bits per heavy atom. The number of primary amides is 1. The van der Waals surface area contributed by atoms with Crippen LogP contribution in [-0.4, -0.2) is 30.6 Å².